The van der Waals surface area contributed by atoms with Crippen LogP contribution in [-0.2, 0) is 0 Å². The van der Waals surface area contributed by atoms with Crippen LogP contribution in [0.25, 0.3) is 28.2 Å². The van der Waals surface area contributed by atoms with Crippen molar-refractivity contribution in [2.45, 2.75) is 6.92 Å². The van der Waals surface area contributed by atoms with Gasteiger partial charge in [-0.25, -0.2) is 14.6 Å². The van der Waals surface area contributed by atoms with Gasteiger partial charge in [0, 0.05) is 17.8 Å². The normalized spacial score (nSPS) is 11.0. The molecule has 0 unspecified atom stereocenters. The highest BCUT2D eigenvalue weighted by Crippen LogP contribution is 2.21. The van der Waals surface area contributed by atoms with Gasteiger partial charge in [-0.1, -0.05) is 29.8 Å². The van der Waals surface area contributed by atoms with E-state index >= 15 is 0 Å². The molecule has 2 N–H and O–H groups in total. The van der Waals surface area contributed by atoms with Crippen molar-refractivity contribution in [2.24, 2.45) is 5.73 Å². The number of aromatic nitrogens is 4. The molecule has 0 fully saturated rings. The summed E-state index contributed by atoms with van der Waals surface area (Å²) in [5.74, 6) is -0.203. The highest BCUT2D eigenvalue weighted by Gasteiger charge is 2.12. The Hall–Kier alpha value is -3.48. The molecule has 3 aromatic heterocycles. The number of amides is 1. The summed E-state index contributed by atoms with van der Waals surface area (Å²) >= 11 is 0. The lowest BCUT2D eigenvalue weighted by atomic mass is 10.1. The minimum atomic E-state index is -0.643. The number of carbonyl (C=O) groups excluding carboxylic acids is 1. The SMILES string of the molecule is Cc1cccc(-c2cnn(-c3ncc4oc(C(N)=O)cc4n3)c2)c1. The van der Waals surface area contributed by atoms with Gasteiger partial charge in [-0.2, -0.15) is 5.10 Å². The second-order valence-electron chi connectivity index (χ2n) is 5.44. The molecule has 118 valence electrons. The molecule has 1 aromatic carbocycles. The molecule has 0 aliphatic carbocycles. The lowest BCUT2D eigenvalue weighted by molar-refractivity contribution is 0.0976. The predicted molar refractivity (Wildman–Crippen MR) is 87.6 cm³/mol. The summed E-state index contributed by atoms with van der Waals surface area (Å²) in [4.78, 5) is 19.8. The van der Waals surface area contributed by atoms with Crippen LogP contribution < -0.4 is 5.73 Å². The van der Waals surface area contributed by atoms with Gasteiger partial charge < -0.3 is 10.2 Å². The molecule has 3 heterocycles. The number of nitrogens with zero attached hydrogens (tertiary/aromatic N) is 4. The standard InChI is InChI=1S/C17H13N5O2/c1-10-3-2-4-11(5-10)12-7-20-22(9-12)17-19-8-15-13(21-17)6-14(24-15)16(18)23/h2-9H,1H3,(H2,18,23). The molecular formula is C17H13N5O2. The van der Waals surface area contributed by atoms with Crippen molar-refractivity contribution in [2.75, 3.05) is 0 Å². The first-order valence-corrected chi connectivity index (χ1v) is 7.28. The largest absolute Gasteiger partial charge is 0.448 e. The van der Waals surface area contributed by atoms with Gasteiger partial charge in [0.05, 0.1) is 12.4 Å². The number of rotatable bonds is 3. The van der Waals surface area contributed by atoms with Crippen molar-refractivity contribution in [3.8, 4) is 17.1 Å². The highest BCUT2D eigenvalue weighted by molar-refractivity contribution is 5.93. The van der Waals surface area contributed by atoms with E-state index in [0.717, 1.165) is 11.1 Å². The fraction of sp³-hybridized carbons (Fsp3) is 0.0588. The van der Waals surface area contributed by atoms with Gasteiger partial charge in [0.1, 0.15) is 5.52 Å². The van der Waals surface area contributed by atoms with E-state index < -0.39 is 5.91 Å². The Morgan fingerprint density at radius 2 is 2.08 bits per heavy atom. The van der Waals surface area contributed by atoms with Crippen molar-refractivity contribution >= 4 is 17.0 Å². The van der Waals surface area contributed by atoms with Crippen LogP contribution in [0, 0.1) is 6.92 Å². The first-order chi connectivity index (χ1) is 11.6. The van der Waals surface area contributed by atoms with E-state index in [9.17, 15) is 4.79 Å². The van der Waals surface area contributed by atoms with E-state index in [-0.39, 0.29) is 5.76 Å². The molecule has 1 amide bonds. The van der Waals surface area contributed by atoms with E-state index in [1.807, 2.05) is 31.3 Å². The minimum Gasteiger partial charge on any atom is -0.448 e. The first-order valence-electron chi connectivity index (χ1n) is 7.28. The number of fused-ring (bicyclic) bond motifs is 1. The Morgan fingerprint density at radius 3 is 2.88 bits per heavy atom. The predicted octanol–water partition coefficient (Wildman–Crippen LogP) is 2.48. The van der Waals surface area contributed by atoms with Crippen molar-refractivity contribution in [3.05, 3.63) is 60.2 Å². The summed E-state index contributed by atoms with van der Waals surface area (Å²) in [7, 11) is 0. The molecule has 0 aliphatic heterocycles. The number of hydrogen-bond donors (Lipinski definition) is 1. The quantitative estimate of drug-likeness (QED) is 0.625. The van der Waals surface area contributed by atoms with Crippen molar-refractivity contribution < 1.29 is 9.21 Å². The molecule has 0 aliphatic rings. The van der Waals surface area contributed by atoms with Gasteiger partial charge in [0.25, 0.3) is 11.9 Å². The summed E-state index contributed by atoms with van der Waals surface area (Å²) in [5, 5.41) is 4.31. The lowest BCUT2D eigenvalue weighted by Gasteiger charge is -1.99. The molecule has 0 saturated heterocycles. The van der Waals surface area contributed by atoms with Crippen molar-refractivity contribution in [1.29, 1.82) is 0 Å². The molecule has 4 aromatic rings. The van der Waals surface area contributed by atoms with Crippen molar-refractivity contribution in [1.82, 2.24) is 19.7 Å². The van der Waals surface area contributed by atoms with E-state index in [1.165, 1.54) is 17.8 Å². The van der Waals surface area contributed by atoms with E-state index in [4.69, 9.17) is 10.2 Å². The molecule has 4 rings (SSSR count). The van der Waals surface area contributed by atoms with Crippen LogP contribution in [0.2, 0.25) is 0 Å². The topological polar surface area (TPSA) is 99.8 Å². The number of furan rings is 1. The molecular weight excluding hydrogens is 306 g/mol. The summed E-state index contributed by atoms with van der Waals surface area (Å²) in [6.07, 6.45) is 5.11. The van der Waals surface area contributed by atoms with Crippen LogP contribution in [0.15, 0.2) is 53.3 Å². The Labute approximate surface area is 136 Å². The molecule has 24 heavy (non-hydrogen) atoms. The van der Waals surface area contributed by atoms with Crippen LogP contribution >= 0.6 is 0 Å². The third kappa shape index (κ3) is 2.41. The summed E-state index contributed by atoms with van der Waals surface area (Å²) in [6.45, 7) is 2.04. The Kier molecular flexibility index (Phi) is 3.13. The number of benzene rings is 1. The number of primary amides is 1. The summed E-state index contributed by atoms with van der Waals surface area (Å²) in [5.41, 5.74) is 9.32. The maximum Gasteiger partial charge on any atom is 0.284 e. The van der Waals surface area contributed by atoms with Gasteiger partial charge in [-0.3, -0.25) is 4.79 Å². The average Bonchev–Trinajstić information content (AvgIpc) is 3.21. The van der Waals surface area contributed by atoms with E-state index in [2.05, 4.69) is 21.1 Å². The monoisotopic (exact) mass is 319 g/mol. The van der Waals surface area contributed by atoms with Gasteiger partial charge >= 0.3 is 0 Å². The zero-order valence-corrected chi connectivity index (χ0v) is 12.8. The fourth-order valence-corrected chi connectivity index (χ4v) is 2.47. The molecule has 0 saturated carbocycles. The van der Waals surface area contributed by atoms with Gasteiger partial charge in [-0.05, 0) is 12.5 Å². The van der Waals surface area contributed by atoms with Gasteiger partial charge in [0.2, 0.25) is 0 Å². The number of aryl methyl sites for hydroxylation is 1. The third-order valence-corrected chi connectivity index (χ3v) is 3.64. The number of carbonyl (C=O) groups is 1. The second-order valence-corrected chi connectivity index (χ2v) is 5.44. The molecule has 0 bridgehead atoms. The minimum absolute atomic E-state index is 0.0531. The molecule has 7 nitrogen and oxygen atoms in total. The number of nitrogens with two attached hydrogens (primary N) is 1. The first kappa shape index (κ1) is 14.1. The summed E-state index contributed by atoms with van der Waals surface area (Å²) < 4.78 is 6.86. The maximum atomic E-state index is 11.2. The third-order valence-electron chi connectivity index (χ3n) is 3.64. The van der Waals surface area contributed by atoms with Crippen LogP contribution in [0.1, 0.15) is 16.1 Å². The Bertz CT molecular complexity index is 1060. The van der Waals surface area contributed by atoms with E-state index in [1.54, 1.807) is 10.9 Å². The number of hydrogen-bond acceptors (Lipinski definition) is 5. The van der Waals surface area contributed by atoms with Gasteiger partial charge in [-0.15, -0.1) is 0 Å². The molecule has 0 atom stereocenters. The van der Waals surface area contributed by atoms with Crippen LogP contribution in [0.4, 0.5) is 0 Å². The highest BCUT2D eigenvalue weighted by atomic mass is 16.3. The zero-order valence-electron chi connectivity index (χ0n) is 12.8. The smallest absolute Gasteiger partial charge is 0.284 e. The fourth-order valence-electron chi connectivity index (χ4n) is 2.47. The van der Waals surface area contributed by atoms with Crippen LogP contribution in [0.5, 0.6) is 0 Å². The lowest BCUT2D eigenvalue weighted by Crippen LogP contribution is -2.08. The average molecular weight is 319 g/mol. The molecule has 7 heteroatoms. The molecule has 0 spiro atoms. The van der Waals surface area contributed by atoms with Crippen LogP contribution in [0.3, 0.4) is 0 Å². The maximum absolute atomic E-state index is 11.2. The molecule has 0 radical (unpaired) electrons. The van der Waals surface area contributed by atoms with Crippen molar-refractivity contribution in [3.63, 3.8) is 0 Å². The Balaban J connectivity index is 1.74. The Morgan fingerprint density at radius 1 is 1.21 bits per heavy atom. The zero-order chi connectivity index (χ0) is 16.7. The van der Waals surface area contributed by atoms with Gasteiger partial charge in [0.15, 0.2) is 11.3 Å². The second kappa shape index (κ2) is 5.31. The van der Waals surface area contributed by atoms with E-state index in [0.29, 0.717) is 17.0 Å². The van der Waals surface area contributed by atoms with Crippen LogP contribution in [-0.4, -0.2) is 25.7 Å². The summed E-state index contributed by atoms with van der Waals surface area (Å²) in [6, 6.07) is 9.64.